The molecular weight excluding hydrogens is 340 g/mol. The minimum atomic E-state index is -0.321. The standard InChI is InChI=1S/C19H25ClN2O3/c1-25-13-12-22-17(23)9-8-15(19(24)21-10-4-5-11-21)18(22)14-6-2-3-7-16(14)20/h2-3,6-7,15,18H,4-5,8-13H2,1H3/t15-,18+/m1/s1. The highest BCUT2D eigenvalue weighted by Gasteiger charge is 2.42. The molecule has 2 saturated heterocycles. The van der Waals surface area contributed by atoms with Crippen LogP contribution in [0.15, 0.2) is 24.3 Å². The molecular formula is C19H25ClN2O3. The lowest BCUT2D eigenvalue weighted by Gasteiger charge is -2.42. The number of likely N-dealkylation sites (tertiary alicyclic amines) is 2. The second-order valence-electron chi connectivity index (χ2n) is 6.72. The van der Waals surface area contributed by atoms with Crippen LogP contribution in [0.1, 0.15) is 37.3 Å². The van der Waals surface area contributed by atoms with Gasteiger partial charge < -0.3 is 14.5 Å². The molecule has 0 spiro atoms. The molecule has 2 aliphatic heterocycles. The van der Waals surface area contributed by atoms with Crippen molar-refractivity contribution in [3.05, 3.63) is 34.9 Å². The fourth-order valence-electron chi connectivity index (χ4n) is 3.94. The van der Waals surface area contributed by atoms with Crippen LogP contribution >= 0.6 is 11.6 Å². The number of ether oxygens (including phenoxy) is 1. The van der Waals surface area contributed by atoms with Crippen molar-refractivity contribution < 1.29 is 14.3 Å². The third kappa shape index (κ3) is 3.82. The van der Waals surface area contributed by atoms with Crippen molar-refractivity contribution in [3.63, 3.8) is 0 Å². The second kappa shape index (κ2) is 8.19. The highest BCUT2D eigenvalue weighted by molar-refractivity contribution is 6.31. The molecule has 2 heterocycles. The zero-order chi connectivity index (χ0) is 17.8. The summed E-state index contributed by atoms with van der Waals surface area (Å²) in [5.74, 6) is -0.0302. The first-order valence-electron chi connectivity index (χ1n) is 8.95. The van der Waals surface area contributed by atoms with Crippen molar-refractivity contribution in [2.75, 3.05) is 33.4 Å². The lowest BCUT2D eigenvalue weighted by molar-refractivity contribution is -0.148. The van der Waals surface area contributed by atoms with E-state index < -0.39 is 0 Å². The van der Waals surface area contributed by atoms with E-state index in [1.54, 1.807) is 12.0 Å². The number of amides is 2. The maximum atomic E-state index is 13.1. The number of carbonyl (C=O) groups is 2. The number of methoxy groups -OCH3 is 1. The van der Waals surface area contributed by atoms with Gasteiger partial charge in [-0.05, 0) is 30.9 Å². The zero-order valence-electron chi connectivity index (χ0n) is 14.6. The summed E-state index contributed by atoms with van der Waals surface area (Å²) in [4.78, 5) is 29.4. The van der Waals surface area contributed by atoms with Gasteiger partial charge in [0.25, 0.3) is 0 Å². The van der Waals surface area contributed by atoms with E-state index in [2.05, 4.69) is 0 Å². The van der Waals surface area contributed by atoms with E-state index >= 15 is 0 Å². The van der Waals surface area contributed by atoms with Gasteiger partial charge in [0.1, 0.15) is 0 Å². The van der Waals surface area contributed by atoms with Crippen LogP contribution in [0.5, 0.6) is 0 Å². The molecule has 0 aromatic heterocycles. The number of rotatable bonds is 5. The summed E-state index contributed by atoms with van der Waals surface area (Å²) in [5, 5.41) is 0.601. The first-order valence-corrected chi connectivity index (χ1v) is 9.33. The largest absolute Gasteiger partial charge is 0.383 e. The molecule has 25 heavy (non-hydrogen) atoms. The Kier molecular flexibility index (Phi) is 5.97. The summed E-state index contributed by atoms with van der Waals surface area (Å²) in [6.07, 6.45) is 3.09. The topological polar surface area (TPSA) is 49.9 Å². The van der Waals surface area contributed by atoms with Crippen molar-refractivity contribution >= 4 is 23.4 Å². The quantitative estimate of drug-likeness (QED) is 0.807. The predicted octanol–water partition coefficient (Wildman–Crippen LogP) is 2.89. The van der Waals surface area contributed by atoms with Crippen LogP contribution in [0, 0.1) is 5.92 Å². The molecule has 1 aromatic carbocycles. The van der Waals surface area contributed by atoms with Crippen molar-refractivity contribution in [3.8, 4) is 0 Å². The molecule has 0 radical (unpaired) electrons. The van der Waals surface area contributed by atoms with Crippen LogP contribution < -0.4 is 0 Å². The lowest BCUT2D eigenvalue weighted by Crippen LogP contribution is -2.49. The number of benzene rings is 1. The van der Waals surface area contributed by atoms with Crippen LogP contribution in [-0.4, -0.2) is 55.0 Å². The molecule has 2 atom stereocenters. The number of piperidine rings is 1. The molecule has 0 unspecified atom stereocenters. The van der Waals surface area contributed by atoms with Gasteiger partial charge in [-0.1, -0.05) is 29.8 Å². The molecule has 0 bridgehead atoms. The summed E-state index contributed by atoms with van der Waals surface area (Å²) < 4.78 is 5.18. The molecule has 136 valence electrons. The van der Waals surface area contributed by atoms with Gasteiger partial charge >= 0.3 is 0 Å². The second-order valence-corrected chi connectivity index (χ2v) is 7.13. The van der Waals surface area contributed by atoms with E-state index in [1.165, 1.54) is 0 Å². The summed E-state index contributed by atoms with van der Waals surface area (Å²) in [6.45, 7) is 2.54. The maximum absolute atomic E-state index is 13.1. The van der Waals surface area contributed by atoms with Gasteiger partial charge in [-0.3, -0.25) is 9.59 Å². The molecule has 0 N–H and O–H groups in total. The molecule has 3 rings (SSSR count). The number of halogens is 1. The van der Waals surface area contributed by atoms with E-state index in [1.807, 2.05) is 29.2 Å². The van der Waals surface area contributed by atoms with Crippen LogP contribution in [0.25, 0.3) is 0 Å². The van der Waals surface area contributed by atoms with Gasteiger partial charge in [-0.2, -0.15) is 0 Å². The number of carbonyl (C=O) groups excluding carboxylic acids is 2. The molecule has 0 saturated carbocycles. The van der Waals surface area contributed by atoms with E-state index in [4.69, 9.17) is 16.3 Å². The summed E-state index contributed by atoms with van der Waals surface area (Å²) in [5.41, 5.74) is 0.853. The number of hydrogen-bond donors (Lipinski definition) is 0. The third-order valence-electron chi connectivity index (χ3n) is 5.20. The van der Waals surface area contributed by atoms with E-state index in [-0.39, 0.29) is 23.8 Å². The fraction of sp³-hybridized carbons (Fsp3) is 0.579. The van der Waals surface area contributed by atoms with Crippen LogP contribution in [0.4, 0.5) is 0 Å². The molecule has 6 heteroatoms. The van der Waals surface area contributed by atoms with Gasteiger partial charge in [0.2, 0.25) is 11.8 Å². The molecule has 2 fully saturated rings. The fourth-order valence-corrected chi connectivity index (χ4v) is 4.18. The summed E-state index contributed by atoms with van der Waals surface area (Å²) in [6, 6.07) is 7.20. The number of hydrogen-bond acceptors (Lipinski definition) is 3. The predicted molar refractivity (Wildman–Crippen MR) is 96.3 cm³/mol. The maximum Gasteiger partial charge on any atom is 0.228 e. The van der Waals surface area contributed by atoms with Gasteiger partial charge in [0.15, 0.2) is 0 Å². The zero-order valence-corrected chi connectivity index (χ0v) is 15.4. The molecule has 1 aromatic rings. The van der Waals surface area contributed by atoms with E-state index in [0.717, 1.165) is 31.5 Å². The molecule has 2 amide bonds. The SMILES string of the molecule is COCCN1C(=O)CC[C@@H](C(=O)N2CCCC2)[C@@H]1c1ccccc1Cl. The van der Waals surface area contributed by atoms with Crippen LogP contribution in [0.2, 0.25) is 5.02 Å². The first kappa shape index (κ1) is 18.2. The summed E-state index contributed by atoms with van der Waals surface area (Å²) in [7, 11) is 1.62. The van der Waals surface area contributed by atoms with Crippen LogP contribution in [-0.2, 0) is 14.3 Å². The third-order valence-corrected chi connectivity index (χ3v) is 5.55. The Morgan fingerprint density at radius 2 is 2.00 bits per heavy atom. The Morgan fingerprint density at radius 3 is 2.68 bits per heavy atom. The Labute approximate surface area is 153 Å². The van der Waals surface area contributed by atoms with Gasteiger partial charge in [-0.25, -0.2) is 0 Å². The minimum Gasteiger partial charge on any atom is -0.383 e. The Balaban J connectivity index is 1.95. The normalized spacial score (nSPS) is 24.0. The van der Waals surface area contributed by atoms with Crippen LogP contribution in [0.3, 0.4) is 0 Å². The van der Waals surface area contributed by atoms with Crippen molar-refractivity contribution in [2.45, 2.75) is 31.7 Å². The average molecular weight is 365 g/mol. The Bertz CT molecular complexity index is 631. The lowest BCUT2D eigenvalue weighted by atomic mass is 9.83. The average Bonchev–Trinajstić information content (AvgIpc) is 3.15. The van der Waals surface area contributed by atoms with E-state index in [9.17, 15) is 9.59 Å². The summed E-state index contributed by atoms with van der Waals surface area (Å²) >= 11 is 6.44. The number of nitrogens with zero attached hydrogens (tertiary/aromatic N) is 2. The van der Waals surface area contributed by atoms with Gasteiger partial charge in [0.05, 0.1) is 18.6 Å². The highest BCUT2D eigenvalue weighted by atomic mass is 35.5. The van der Waals surface area contributed by atoms with E-state index in [0.29, 0.717) is 31.0 Å². The van der Waals surface area contributed by atoms with Crippen molar-refractivity contribution in [1.82, 2.24) is 9.80 Å². The van der Waals surface area contributed by atoms with Crippen molar-refractivity contribution in [1.29, 1.82) is 0 Å². The molecule has 5 nitrogen and oxygen atoms in total. The minimum absolute atomic E-state index is 0.0624. The van der Waals surface area contributed by atoms with Gasteiger partial charge in [-0.15, -0.1) is 0 Å². The highest BCUT2D eigenvalue weighted by Crippen LogP contribution is 2.40. The molecule has 0 aliphatic carbocycles. The first-order chi connectivity index (χ1) is 12.1. The van der Waals surface area contributed by atoms with Crippen molar-refractivity contribution in [2.24, 2.45) is 5.92 Å². The molecule has 2 aliphatic rings. The Morgan fingerprint density at radius 1 is 1.28 bits per heavy atom. The monoisotopic (exact) mass is 364 g/mol. The Hall–Kier alpha value is -1.59. The van der Waals surface area contributed by atoms with Gasteiger partial charge in [0, 0.05) is 38.2 Å². The smallest absolute Gasteiger partial charge is 0.228 e.